The minimum absolute atomic E-state index is 0.106. The molecule has 9 heteroatoms. The predicted molar refractivity (Wildman–Crippen MR) is 150 cm³/mol. The zero-order valence-electron chi connectivity index (χ0n) is 21.2. The largest absolute Gasteiger partial charge is 0.494 e. The van der Waals surface area contributed by atoms with Crippen LogP contribution in [-0.4, -0.2) is 26.6 Å². The highest BCUT2D eigenvalue weighted by atomic mass is 32.2. The van der Waals surface area contributed by atoms with Crippen LogP contribution in [0.3, 0.4) is 0 Å². The molecule has 8 nitrogen and oxygen atoms in total. The molecule has 0 aliphatic carbocycles. The Morgan fingerprint density at radius 1 is 0.923 bits per heavy atom. The van der Waals surface area contributed by atoms with Gasteiger partial charge in [-0.2, -0.15) is 5.10 Å². The summed E-state index contributed by atoms with van der Waals surface area (Å²) in [6.45, 7) is 2.35. The standard InChI is InChI=1S/C30H27N3O5S/c1-2-37-24-16-18-25(19-17-24)39(35,36)33-23-14-12-22(13-15-23)30(34)32-31-27-20-29(21-8-4-3-5-9-21)38-28-11-7-6-10-26(27)28/h3-19,29,33H,2,20H2,1H3,(H,32,34)/b31-27-. The molecule has 4 aromatic carbocycles. The van der Waals surface area contributed by atoms with Gasteiger partial charge >= 0.3 is 0 Å². The quantitative estimate of drug-likeness (QED) is 0.285. The number of carbonyl (C=O) groups excluding carboxylic acids is 1. The highest BCUT2D eigenvalue weighted by Gasteiger charge is 2.26. The Bertz CT molecular complexity index is 1590. The number of benzene rings is 4. The third kappa shape index (κ3) is 6.10. The molecule has 1 amide bonds. The third-order valence-corrected chi connectivity index (χ3v) is 7.55. The first-order valence-electron chi connectivity index (χ1n) is 12.5. The van der Waals surface area contributed by atoms with Crippen LogP contribution in [0.4, 0.5) is 5.69 Å². The minimum atomic E-state index is -3.80. The summed E-state index contributed by atoms with van der Waals surface area (Å²) in [5.41, 5.74) is 5.85. The smallest absolute Gasteiger partial charge is 0.271 e. The van der Waals surface area contributed by atoms with Crippen molar-refractivity contribution >= 4 is 27.3 Å². The number of rotatable bonds is 8. The Hall–Kier alpha value is -4.63. The molecule has 2 N–H and O–H groups in total. The maximum atomic E-state index is 12.9. The zero-order chi connectivity index (χ0) is 27.2. The molecule has 4 aromatic rings. The van der Waals surface area contributed by atoms with Gasteiger partial charge in [0.15, 0.2) is 0 Å². The number of hydrazone groups is 1. The molecule has 0 radical (unpaired) electrons. The van der Waals surface area contributed by atoms with E-state index in [1.807, 2.05) is 61.5 Å². The lowest BCUT2D eigenvalue weighted by molar-refractivity contribution is 0.0954. The van der Waals surface area contributed by atoms with Crippen molar-refractivity contribution in [3.05, 3.63) is 120 Å². The second-order valence-corrected chi connectivity index (χ2v) is 10.5. The number of nitrogens with one attached hydrogen (secondary N) is 2. The van der Waals surface area contributed by atoms with E-state index >= 15 is 0 Å². The zero-order valence-corrected chi connectivity index (χ0v) is 22.0. The summed E-state index contributed by atoms with van der Waals surface area (Å²) in [7, 11) is -3.80. The Morgan fingerprint density at radius 3 is 2.33 bits per heavy atom. The molecule has 39 heavy (non-hydrogen) atoms. The van der Waals surface area contributed by atoms with Gasteiger partial charge in [-0.3, -0.25) is 9.52 Å². The summed E-state index contributed by atoms with van der Waals surface area (Å²) in [5.74, 6) is 0.883. The molecule has 1 atom stereocenters. The molecule has 1 heterocycles. The fourth-order valence-electron chi connectivity index (χ4n) is 4.22. The molecule has 1 aliphatic rings. The maximum Gasteiger partial charge on any atom is 0.271 e. The summed E-state index contributed by atoms with van der Waals surface area (Å²) in [6, 6.07) is 29.8. The molecule has 0 spiro atoms. The van der Waals surface area contributed by atoms with Crippen molar-refractivity contribution in [2.45, 2.75) is 24.3 Å². The van der Waals surface area contributed by atoms with Gasteiger partial charge in [0.05, 0.1) is 17.2 Å². The summed E-state index contributed by atoms with van der Waals surface area (Å²) >= 11 is 0. The van der Waals surface area contributed by atoms with E-state index in [1.54, 1.807) is 12.1 Å². The summed E-state index contributed by atoms with van der Waals surface area (Å²) in [5, 5.41) is 4.43. The number of para-hydroxylation sites is 1. The van der Waals surface area contributed by atoms with E-state index in [9.17, 15) is 13.2 Å². The van der Waals surface area contributed by atoms with Crippen molar-refractivity contribution in [1.82, 2.24) is 5.43 Å². The first kappa shape index (κ1) is 26.0. The molecule has 0 aromatic heterocycles. The van der Waals surface area contributed by atoms with E-state index in [1.165, 1.54) is 36.4 Å². The van der Waals surface area contributed by atoms with Crippen molar-refractivity contribution in [1.29, 1.82) is 0 Å². The average Bonchev–Trinajstić information content (AvgIpc) is 2.97. The van der Waals surface area contributed by atoms with Gasteiger partial charge in [-0.15, -0.1) is 0 Å². The van der Waals surface area contributed by atoms with E-state index in [2.05, 4.69) is 15.2 Å². The Labute approximate surface area is 227 Å². The summed E-state index contributed by atoms with van der Waals surface area (Å²) in [6.07, 6.45) is 0.271. The van der Waals surface area contributed by atoms with Gasteiger partial charge in [0, 0.05) is 23.2 Å². The van der Waals surface area contributed by atoms with Gasteiger partial charge in [0.25, 0.3) is 15.9 Å². The second-order valence-electron chi connectivity index (χ2n) is 8.80. The number of fused-ring (bicyclic) bond motifs is 1. The van der Waals surface area contributed by atoms with Gasteiger partial charge in [0.1, 0.15) is 17.6 Å². The number of hydrogen-bond acceptors (Lipinski definition) is 6. The van der Waals surface area contributed by atoms with E-state index in [0.717, 1.165) is 11.1 Å². The van der Waals surface area contributed by atoms with Gasteiger partial charge in [0.2, 0.25) is 0 Å². The normalized spacial score (nSPS) is 15.6. The maximum absolute atomic E-state index is 12.9. The van der Waals surface area contributed by atoms with Crippen molar-refractivity contribution in [3.8, 4) is 11.5 Å². The Kier molecular flexibility index (Phi) is 7.60. The first-order valence-corrected chi connectivity index (χ1v) is 13.9. The monoisotopic (exact) mass is 541 g/mol. The molecule has 1 unspecified atom stereocenters. The molecule has 1 aliphatic heterocycles. The molecule has 0 saturated heterocycles. The lowest BCUT2D eigenvalue weighted by atomic mass is 9.96. The van der Waals surface area contributed by atoms with Crippen molar-refractivity contribution in [2.75, 3.05) is 11.3 Å². The van der Waals surface area contributed by atoms with E-state index in [4.69, 9.17) is 9.47 Å². The molecule has 0 bridgehead atoms. The van der Waals surface area contributed by atoms with Crippen molar-refractivity contribution in [2.24, 2.45) is 5.10 Å². The highest BCUT2D eigenvalue weighted by Crippen LogP contribution is 2.35. The van der Waals surface area contributed by atoms with Crippen LogP contribution in [0.15, 0.2) is 113 Å². The fourth-order valence-corrected chi connectivity index (χ4v) is 5.27. The number of hydrogen-bond donors (Lipinski definition) is 2. The summed E-state index contributed by atoms with van der Waals surface area (Å²) < 4.78 is 39.5. The molecule has 0 saturated carbocycles. The van der Waals surface area contributed by atoms with Crippen LogP contribution in [0.25, 0.3) is 0 Å². The van der Waals surface area contributed by atoms with Crippen LogP contribution in [0.5, 0.6) is 11.5 Å². The van der Waals surface area contributed by atoms with Gasteiger partial charge < -0.3 is 9.47 Å². The summed E-state index contributed by atoms with van der Waals surface area (Å²) in [4.78, 5) is 13.0. The third-order valence-electron chi connectivity index (χ3n) is 6.15. The van der Waals surface area contributed by atoms with E-state index in [0.29, 0.717) is 41.5 Å². The second kappa shape index (κ2) is 11.4. The molecule has 5 rings (SSSR count). The van der Waals surface area contributed by atoms with E-state index in [-0.39, 0.29) is 11.0 Å². The van der Waals surface area contributed by atoms with Gasteiger partial charge in [-0.1, -0.05) is 42.5 Å². The molecule has 198 valence electrons. The number of nitrogens with zero attached hydrogens (tertiary/aromatic N) is 1. The Balaban J connectivity index is 1.27. The number of amides is 1. The van der Waals surface area contributed by atoms with Crippen LogP contribution in [0.1, 0.15) is 40.9 Å². The van der Waals surface area contributed by atoms with Gasteiger partial charge in [-0.25, -0.2) is 13.8 Å². The van der Waals surface area contributed by atoms with Crippen LogP contribution >= 0.6 is 0 Å². The van der Waals surface area contributed by atoms with Crippen molar-refractivity contribution < 1.29 is 22.7 Å². The molecule has 0 fully saturated rings. The van der Waals surface area contributed by atoms with E-state index < -0.39 is 15.9 Å². The highest BCUT2D eigenvalue weighted by molar-refractivity contribution is 7.92. The average molecular weight is 542 g/mol. The fraction of sp³-hybridized carbons (Fsp3) is 0.133. The first-order chi connectivity index (χ1) is 18.9. The van der Waals surface area contributed by atoms with Gasteiger partial charge in [-0.05, 0) is 73.2 Å². The topological polar surface area (TPSA) is 106 Å². The number of sulfonamides is 1. The SMILES string of the molecule is CCOc1ccc(S(=O)(=O)Nc2ccc(C(=O)N/N=C3/CC(c4ccccc4)Oc4ccccc43)cc2)cc1. The molecular formula is C30H27N3O5S. The number of carbonyl (C=O) groups is 1. The minimum Gasteiger partial charge on any atom is -0.494 e. The van der Waals surface area contributed by atoms with Crippen LogP contribution in [-0.2, 0) is 10.0 Å². The predicted octanol–water partition coefficient (Wildman–Crippen LogP) is 5.54. The lowest BCUT2D eigenvalue weighted by Crippen LogP contribution is -2.25. The van der Waals surface area contributed by atoms with Crippen LogP contribution in [0, 0.1) is 0 Å². The Morgan fingerprint density at radius 2 is 1.62 bits per heavy atom. The van der Waals surface area contributed by atoms with Crippen LogP contribution < -0.4 is 19.6 Å². The van der Waals surface area contributed by atoms with Crippen LogP contribution in [0.2, 0.25) is 0 Å². The molecular weight excluding hydrogens is 514 g/mol. The van der Waals surface area contributed by atoms with Crippen molar-refractivity contribution in [3.63, 3.8) is 0 Å². The number of ether oxygens (including phenoxy) is 2. The lowest BCUT2D eigenvalue weighted by Gasteiger charge is -2.27. The number of anilines is 1.